The Balaban J connectivity index is 3.14. The fourth-order valence-electron chi connectivity index (χ4n) is 1.11. The van der Waals surface area contributed by atoms with Gasteiger partial charge in [0.2, 0.25) is 3.79 Å². The molecule has 1 aliphatic carbocycles. The average Bonchev–Trinajstić information content (AvgIpc) is 1.95. The maximum Gasteiger partial charge on any atom is 0.202 e. The lowest BCUT2D eigenvalue weighted by atomic mass is 9.80. The first-order chi connectivity index (χ1) is 5.77. The van der Waals surface area contributed by atoms with Crippen molar-refractivity contribution in [1.29, 1.82) is 0 Å². The van der Waals surface area contributed by atoms with Crippen molar-refractivity contribution in [2.45, 2.75) is 17.6 Å². The standard InChI is InChI=1S/C9H9Cl3O/c1-6-5-7(13)3-4-8(6,2)9(10,11)12/h3-5H,1-2H3/t8-/m1/s1. The number of hydrogen-bond donors (Lipinski definition) is 0. The second-order valence-electron chi connectivity index (χ2n) is 3.26. The van der Waals surface area contributed by atoms with E-state index < -0.39 is 9.21 Å². The van der Waals surface area contributed by atoms with Gasteiger partial charge in [-0.15, -0.1) is 0 Å². The monoisotopic (exact) mass is 238 g/mol. The van der Waals surface area contributed by atoms with Crippen LogP contribution in [0.2, 0.25) is 0 Å². The van der Waals surface area contributed by atoms with Gasteiger partial charge in [-0.1, -0.05) is 46.5 Å². The molecule has 0 heterocycles. The van der Waals surface area contributed by atoms with Crippen LogP contribution in [-0.4, -0.2) is 9.58 Å². The predicted octanol–water partition coefficient (Wildman–Crippen LogP) is 3.45. The molecular weight excluding hydrogens is 230 g/mol. The smallest absolute Gasteiger partial charge is 0.202 e. The van der Waals surface area contributed by atoms with Gasteiger partial charge >= 0.3 is 0 Å². The summed E-state index contributed by atoms with van der Waals surface area (Å²) in [6, 6.07) is 0. The quantitative estimate of drug-likeness (QED) is 0.592. The Kier molecular flexibility index (Phi) is 2.82. The number of carbonyl (C=O) groups is 1. The molecule has 1 nitrogen and oxygen atoms in total. The highest BCUT2D eigenvalue weighted by molar-refractivity contribution is 6.68. The van der Waals surface area contributed by atoms with Gasteiger partial charge in [-0.2, -0.15) is 0 Å². The minimum atomic E-state index is -1.43. The van der Waals surface area contributed by atoms with Crippen LogP contribution >= 0.6 is 34.8 Å². The topological polar surface area (TPSA) is 17.1 Å². The predicted molar refractivity (Wildman–Crippen MR) is 56.3 cm³/mol. The molecule has 0 aliphatic heterocycles. The Hall–Kier alpha value is 0.0200. The maximum atomic E-state index is 11.0. The van der Waals surface area contributed by atoms with E-state index in [4.69, 9.17) is 34.8 Å². The summed E-state index contributed by atoms with van der Waals surface area (Å²) in [4.78, 5) is 11.0. The van der Waals surface area contributed by atoms with Crippen molar-refractivity contribution in [2.75, 3.05) is 0 Å². The number of halogens is 3. The van der Waals surface area contributed by atoms with Crippen LogP contribution in [0, 0.1) is 5.41 Å². The van der Waals surface area contributed by atoms with E-state index in [1.807, 2.05) is 0 Å². The molecule has 0 spiro atoms. The van der Waals surface area contributed by atoms with Crippen molar-refractivity contribution < 1.29 is 4.79 Å². The highest BCUT2D eigenvalue weighted by Gasteiger charge is 2.45. The minimum Gasteiger partial charge on any atom is -0.290 e. The van der Waals surface area contributed by atoms with Crippen molar-refractivity contribution in [3.8, 4) is 0 Å². The summed E-state index contributed by atoms with van der Waals surface area (Å²) < 4.78 is -1.43. The Labute approximate surface area is 92.3 Å². The second kappa shape index (κ2) is 3.30. The Bertz CT molecular complexity index is 298. The third-order valence-electron chi connectivity index (χ3n) is 2.35. The third-order valence-corrected chi connectivity index (χ3v) is 3.53. The van der Waals surface area contributed by atoms with Crippen molar-refractivity contribution >= 4 is 40.6 Å². The molecule has 1 aliphatic rings. The summed E-state index contributed by atoms with van der Waals surface area (Å²) in [7, 11) is 0. The van der Waals surface area contributed by atoms with Crippen molar-refractivity contribution in [3.05, 3.63) is 23.8 Å². The van der Waals surface area contributed by atoms with Gasteiger partial charge in [0.1, 0.15) is 0 Å². The van der Waals surface area contributed by atoms with E-state index in [1.54, 1.807) is 19.9 Å². The summed E-state index contributed by atoms with van der Waals surface area (Å²) in [5.41, 5.74) is 0.0750. The highest BCUT2D eigenvalue weighted by Crippen LogP contribution is 2.51. The summed E-state index contributed by atoms with van der Waals surface area (Å²) >= 11 is 17.5. The molecule has 0 unspecified atom stereocenters. The van der Waals surface area contributed by atoms with Gasteiger partial charge in [0.25, 0.3) is 0 Å². The molecule has 0 aromatic carbocycles. The number of rotatable bonds is 0. The molecule has 0 N–H and O–H groups in total. The molecular formula is C9H9Cl3O. The zero-order valence-corrected chi connectivity index (χ0v) is 9.54. The van der Waals surface area contributed by atoms with Gasteiger partial charge in [-0.25, -0.2) is 0 Å². The van der Waals surface area contributed by atoms with Gasteiger partial charge in [0.15, 0.2) is 5.78 Å². The molecule has 1 rings (SSSR count). The summed E-state index contributed by atoms with van der Waals surface area (Å²) in [5.74, 6) is -0.0655. The van der Waals surface area contributed by atoms with Crippen LogP contribution in [-0.2, 0) is 4.79 Å². The van der Waals surface area contributed by atoms with Gasteiger partial charge in [-0.05, 0) is 26.0 Å². The normalized spacial score (nSPS) is 29.0. The van der Waals surface area contributed by atoms with E-state index in [1.165, 1.54) is 12.2 Å². The van der Waals surface area contributed by atoms with E-state index in [0.717, 1.165) is 5.57 Å². The second-order valence-corrected chi connectivity index (χ2v) is 5.54. The lowest BCUT2D eigenvalue weighted by molar-refractivity contribution is -0.110. The van der Waals surface area contributed by atoms with Gasteiger partial charge in [0.05, 0.1) is 5.41 Å². The molecule has 0 saturated heterocycles. The van der Waals surface area contributed by atoms with Crippen molar-refractivity contribution in [1.82, 2.24) is 0 Å². The summed E-state index contributed by atoms with van der Waals surface area (Å²) in [6.45, 7) is 3.57. The van der Waals surface area contributed by atoms with Crippen molar-refractivity contribution in [3.63, 3.8) is 0 Å². The van der Waals surface area contributed by atoms with Crippen LogP contribution in [0.4, 0.5) is 0 Å². The summed E-state index contributed by atoms with van der Waals surface area (Å²) in [5, 5.41) is 0. The first-order valence-corrected chi connectivity index (χ1v) is 4.89. The number of alkyl halides is 3. The molecule has 0 aromatic heterocycles. The Morgan fingerprint density at radius 1 is 1.38 bits per heavy atom. The SMILES string of the molecule is CC1=CC(=O)C=C[C@@]1(C)C(Cl)(Cl)Cl. The molecule has 4 heteroatoms. The zero-order chi connectivity index (χ0) is 10.3. The lowest BCUT2D eigenvalue weighted by Gasteiger charge is -2.35. The largest absolute Gasteiger partial charge is 0.290 e. The fourth-order valence-corrected chi connectivity index (χ4v) is 1.75. The zero-order valence-electron chi connectivity index (χ0n) is 7.27. The molecule has 0 amide bonds. The molecule has 72 valence electrons. The van der Waals surface area contributed by atoms with Crippen LogP contribution in [0.25, 0.3) is 0 Å². The molecule has 0 saturated carbocycles. The first-order valence-electron chi connectivity index (χ1n) is 3.76. The molecule has 0 bridgehead atoms. The van der Waals surface area contributed by atoms with Crippen molar-refractivity contribution in [2.24, 2.45) is 5.41 Å². The van der Waals surface area contributed by atoms with E-state index in [0.29, 0.717) is 0 Å². The molecule has 13 heavy (non-hydrogen) atoms. The third kappa shape index (κ3) is 1.93. The Morgan fingerprint density at radius 2 is 1.92 bits per heavy atom. The number of hydrogen-bond acceptors (Lipinski definition) is 1. The van der Waals surface area contributed by atoms with Crippen LogP contribution in [0.3, 0.4) is 0 Å². The average molecular weight is 240 g/mol. The Morgan fingerprint density at radius 3 is 2.31 bits per heavy atom. The number of carbonyl (C=O) groups excluding carboxylic acids is 1. The number of ketones is 1. The molecule has 1 atom stereocenters. The van der Waals surface area contributed by atoms with E-state index in [9.17, 15) is 4.79 Å². The highest BCUT2D eigenvalue weighted by atomic mass is 35.6. The van der Waals surface area contributed by atoms with Crippen LogP contribution < -0.4 is 0 Å². The van der Waals surface area contributed by atoms with E-state index >= 15 is 0 Å². The van der Waals surface area contributed by atoms with Gasteiger partial charge in [-0.3, -0.25) is 4.79 Å². The molecule has 0 radical (unpaired) electrons. The minimum absolute atomic E-state index is 0.0655. The van der Waals surface area contributed by atoms with Crippen LogP contribution in [0.5, 0.6) is 0 Å². The molecule has 0 fully saturated rings. The fraction of sp³-hybridized carbons (Fsp3) is 0.444. The summed E-state index contributed by atoms with van der Waals surface area (Å²) in [6.07, 6.45) is 4.55. The molecule has 0 aromatic rings. The maximum absolute atomic E-state index is 11.0. The number of allylic oxidation sites excluding steroid dienone is 4. The van der Waals surface area contributed by atoms with Gasteiger partial charge in [0, 0.05) is 0 Å². The first kappa shape index (κ1) is 11.1. The van der Waals surface area contributed by atoms with Crippen LogP contribution in [0.15, 0.2) is 23.8 Å². The van der Waals surface area contributed by atoms with Crippen LogP contribution in [0.1, 0.15) is 13.8 Å². The lowest BCUT2D eigenvalue weighted by Crippen LogP contribution is -2.33. The van der Waals surface area contributed by atoms with Gasteiger partial charge < -0.3 is 0 Å². The van der Waals surface area contributed by atoms with E-state index in [-0.39, 0.29) is 5.78 Å². The van der Waals surface area contributed by atoms with E-state index in [2.05, 4.69) is 0 Å².